The standard InChI is InChI=1S/C9H11NO4/c1-3-6-13-9(12)14-7-5-10-8(11)4-2/h1,4H,2,5-7H2,(H,10,11). The number of amides is 1. The molecule has 0 aromatic carbocycles. The molecule has 0 atom stereocenters. The molecule has 5 nitrogen and oxygen atoms in total. The van der Waals surface area contributed by atoms with E-state index in [1.807, 2.05) is 0 Å². The molecule has 0 saturated heterocycles. The van der Waals surface area contributed by atoms with E-state index in [2.05, 4.69) is 27.3 Å². The van der Waals surface area contributed by atoms with Crippen LogP contribution in [0, 0.1) is 12.3 Å². The second-order valence-corrected chi connectivity index (χ2v) is 2.09. The lowest BCUT2D eigenvalue weighted by Crippen LogP contribution is -2.26. The van der Waals surface area contributed by atoms with Gasteiger partial charge in [0.1, 0.15) is 6.61 Å². The Kier molecular flexibility index (Phi) is 6.60. The highest BCUT2D eigenvalue weighted by molar-refractivity contribution is 5.86. The highest BCUT2D eigenvalue weighted by Gasteiger charge is 2.01. The summed E-state index contributed by atoms with van der Waals surface area (Å²) in [6.07, 6.45) is 5.11. The van der Waals surface area contributed by atoms with E-state index in [-0.39, 0.29) is 25.7 Å². The van der Waals surface area contributed by atoms with Gasteiger partial charge in [0.05, 0.1) is 6.54 Å². The second kappa shape index (κ2) is 7.68. The average Bonchev–Trinajstić information content (AvgIpc) is 2.21. The van der Waals surface area contributed by atoms with Crippen LogP contribution in [-0.4, -0.2) is 31.8 Å². The summed E-state index contributed by atoms with van der Waals surface area (Å²) in [5, 5.41) is 2.41. The van der Waals surface area contributed by atoms with Crippen LogP contribution in [0.2, 0.25) is 0 Å². The van der Waals surface area contributed by atoms with Crippen molar-refractivity contribution < 1.29 is 19.1 Å². The van der Waals surface area contributed by atoms with Gasteiger partial charge in [-0.1, -0.05) is 12.5 Å². The molecular weight excluding hydrogens is 186 g/mol. The lowest BCUT2D eigenvalue weighted by atomic mass is 10.5. The monoisotopic (exact) mass is 197 g/mol. The molecule has 0 aromatic rings. The van der Waals surface area contributed by atoms with Crippen LogP contribution < -0.4 is 5.32 Å². The minimum atomic E-state index is -0.851. The van der Waals surface area contributed by atoms with Crippen molar-refractivity contribution in [1.29, 1.82) is 0 Å². The lowest BCUT2D eigenvalue weighted by molar-refractivity contribution is -0.116. The number of hydrogen-bond acceptors (Lipinski definition) is 4. The molecule has 0 bridgehead atoms. The van der Waals surface area contributed by atoms with Gasteiger partial charge in [-0.15, -0.1) is 6.42 Å². The molecule has 0 heterocycles. The molecule has 0 aliphatic heterocycles. The summed E-state index contributed by atoms with van der Waals surface area (Å²) in [5.74, 6) is 1.78. The molecule has 0 rings (SSSR count). The van der Waals surface area contributed by atoms with Crippen LogP contribution in [0.5, 0.6) is 0 Å². The Balaban J connectivity index is 3.36. The molecule has 0 radical (unpaired) electrons. The van der Waals surface area contributed by atoms with Gasteiger partial charge in [-0.25, -0.2) is 4.79 Å². The third-order valence-corrected chi connectivity index (χ3v) is 1.08. The quantitative estimate of drug-likeness (QED) is 0.293. The first-order valence-electron chi connectivity index (χ1n) is 3.84. The average molecular weight is 197 g/mol. The molecule has 0 aromatic heterocycles. The maximum Gasteiger partial charge on any atom is 0.509 e. The molecule has 5 heteroatoms. The molecule has 76 valence electrons. The fourth-order valence-corrected chi connectivity index (χ4v) is 0.523. The first-order valence-corrected chi connectivity index (χ1v) is 3.84. The van der Waals surface area contributed by atoms with Crippen LogP contribution in [0.15, 0.2) is 12.7 Å². The highest BCUT2D eigenvalue weighted by atomic mass is 16.7. The van der Waals surface area contributed by atoms with Gasteiger partial charge in [-0.05, 0) is 6.08 Å². The van der Waals surface area contributed by atoms with E-state index in [0.29, 0.717) is 0 Å². The van der Waals surface area contributed by atoms with Crippen molar-refractivity contribution >= 4 is 12.1 Å². The van der Waals surface area contributed by atoms with E-state index >= 15 is 0 Å². The van der Waals surface area contributed by atoms with E-state index in [4.69, 9.17) is 6.42 Å². The van der Waals surface area contributed by atoms with Crippen LogP contribution >= 0.6 is 0 Å². The van der Waals surface area contributed by atoms with Gasteiger partial charge >= 0.3 is 6.16 Å². The largest absolute Gasteiger partial charge is 0.509 e. The number of ether oxygens (including phenoxy) is 2. The number of rotatable bonds is 5. The van der Waals surface area contributed by atoms with Crippen molar-refractivity contribution in [3.63, 3.8) is 0 Å². The Morgan fingerprint density at radius 2 is 2.21 bits per heavy atom. The van der Waals surface area contributed by atoms with Crippen molar-refractivity contribution in [2.24, 2.45) is 0 Å². The first kappa shape index (κ1) is 12.0. The van der Waals surface area contributed by atoms with Crippen LogP contribution in [0.25, 0.3) is 0 Å². The fourth-order valence-electron chi connectivity index (χ4n) is 0.523. The van der Waals surface area contributed by atoms with Gasteiger partial charge in [-0.2, -0.15) is 0 Å². The summed E-state index contributed by atoms with van der Waals surface area (Å²) in [7, 11) is 0. The van der Waals surface area contributed by atoms with Crippen LogP contribution in [-0.2, 0) is 14.3 Å². The summed E-state index contributed by atoms with van der Waals surface area (Å²) >= 11 is 0. The van der Waals surface area contributed by atoms with Crippen molar-refractivity contribution in [1.82, 2.24) is 5.32 Å². The molecule has 14 heavy (non-hydrogen) atoms. The van der Waals surface area contributed by atoms with E-state index in [1.165, 1.54) is 0 Å². The van der Waals surface area contributed by atoms with Crippen LogP contribution in [0.4, 0.5) is 4.79 Å². The first-order chi connectivity index (χ1) is 6.70. The molecule has 1 N–H and O–H groups in total. The van der Waals surface area contributed by atoms with Crippen molar-refractivity contribution in [2.45, 2.75) is 0 Å². The van der Waals surface area contributed by atoms with E-state index in [1.54, 1.807) is 0 Å². The van der Waals surface area contributed by atoms with Crippen molar-refractivity contribution in [3.8, 4) is 12.3 Å². The van der Waals surface area contributed by atoms with Crippen LogP contribution in [0.1, 0.15) is 0 Å². The number of hydrogen-bond donors (Lipinski definition) is 1. The summed E-state index contributed by atoms with van der Waals surface area (Å²) in [4.78, 5) is 21.2. The third kappa shape index (κ3) is 6.73. The van der Waals surface area contributed by atoms with E-state index < -0.39 is 6.16 Å². The summed E-state index contributed by atoms with van der Waals surface area (Å²) < 4.78 is 8.93. The summed E-state index contributed by atoms with van der Waals surface area (Å²) in [5.41, 5.74) is 0. The molecule has 0 fully saturated rings. The minimum absolute atomic E-state index is 0.0307. The molecule has 0 aliphatic carbocycles. The minimum Gasteiger partial charge on any atom is -0.432 e. The molecule has 0 unspecified atom stereocenters. The van der Waals surface area contributed by atoms with Gasteiger partial charge in [0.25, 0.3) is 0 Å². The molecule has 0 aliphatic rings. The van der Waals surface area contributed by atoms with Gasteiger partial charge in [-0.3, -0.25) is 4.79 Å². The summed E-state index contributed by atoms with van der Waals surface area (Å²) in [6, 6.07) is 0. The Labute approximate surface area is 82.1 Å². The second-order valence-electron chi connectivity index (χ2n) is 2.09. The molecule has 1 amide bonds. The maximum absolute atomic E-state index is 10.6. The maximum atomic E-state index is 10.6. The Morgan fingerprint density at radius 1 is 1.50 bits per heavy atom. The number of carbonyl (C=O) groups excluding carboxylic acids is 2. The Bertz CT molecular complexity index is 254. The normalized spacial score (nSPS) is 8.21. The van der Waals surface area contributed by atoms with Crippen LogP contribution in [0.3, 0.4) is 0 Å². The van der Waals surface area contributed by atoms with Gasteiger partial charge in [0.15, 0.2) is 6.61 Å². The smallest absolute Gasteiger partial charge is 0.432 e. The lowest BCUT2D eigenvalue weighted by Gasteiger charge is -2.04. The highest BCUT2D eigenvalue weighted by Crippen LogP contribution is 1.83. The van der Waals surface area contributed by atoms with Gasteiger partial charge in [0, 0.05) is 0 Å². The van der Waals surface area contributed by atoms with E-state index in [0.717, 1.165) is 6.08 Å². The summed E-state index contributed by atoms with van der Waals surface area (Å²) in [6.45, 7) is 3.36. The third-order valence-electron chi connectivity index (χ3n) is 1.08. The molecule has 0 spiro atoms. The predicted molar refractivity (Wildman–Crippen MR) is 49.3 cm³/mol. The van der Waals surface area contributed by atoms with Crippen molar-refractivity contribution in [3.05, 3.63) is 12.7 Å². The van der Waals surface area contributed by atoms with E-state index in [9.17, 15) is 9.59 Å². The number of carbonyl (C=O) groups is 2. The fraction of sp³-hybridized carbons (Fsp3) is 0.333. The number of nitrogens with one attached hydrogen (secondary N) is 1. The zero-order chi connectivity index (χ0) is 10.8. The van der Waals surface area contributed by atoms with Gasteiger partial charge in [0.2, 0.25) is 5.91 Å². The topological polar surface area (TPSA) is 64.6 Å². The zero-order valence-electron chi connectivity index (χ0n) is 7.62. The zero-order valence-corrected chi connectivity index (χ0v) is 7.62. The molecular formula is C9H11NO4. The Hall–Kier alpha value is -1.96. The SMILES string of the molecule is C#CCOC(=O)OCCNC(=O)C=C. The predicted octanol–water partition coefficient (Wildman–Crippen LogP) is 0.0750. The number of terminal acetylenes is 1. The van der Waals surface area contributed by atoms with Crippen molar-refractivity contribution in [2.75, 3.05) is 19.8 Å². The molecule has 0 saturated carbocycles. The van der Waals surface area contributed by atoms with Gasteiger partial charge < -0.3 is 14.8 Å². The Morgan fingerprint density at radius 3 is 2.79 bits per heavy atom.